The number of aromatic nitrogens is 1. The Morgan fingerprint density at radius 2 is 2.20 bits per heavy atom. The fourth-order valence-electron chi connectivity index (χ4n) is 2.17. The van der Waals surface area contributed by atoms with E-state index >= 15 is 0 Å². The average Bonchev–Trinajstić information content (AvgIpc) is 2.75. The van der Waals surface area contributed by atoms with Gasteiger partial charge < -0.3 is 10.2 Å². The van der Waals surface area contributed by atoms with Gasteiger partial charge in [-0.3, -0.25) is 4.79 Å². The topological polar surface area (TPSA) is 79.4 Å². The zero-order chi connectivity index (χ0) is 14.8. The summed E-state index contributed by atoms with van der Waals surface area (Å²) < 4.78 is 22.7. The van der Waals surface area contributed by atoms with Gasteiger partial charge in [0.05, 0.1) is 17.1 Å². The van der Waals surface area contributed by atoms with E-state index in [4.69, 9.17) is 0 Å². The number of hydrogen-bond acceptors (Lipinski definition) is 5. The Kier molecular flexibility index (Phi) is 4.27. The van der Waals surface area contributed by atoms with E-state index in [1.807, 2.05) is 0 Å². The lowest BCUT2D eigenvalue weighted by atomic mass is 10.1. The molecule has 110 valence electrons. The third kappa shape index (κ3) is 3.69. The van der Waals surface area contributed by atoms with Crippen molar-refractivity contribution in [3.63, 3.8) is 0 Å². The number of sulfone groups is 1. The van der Waals surface area contributed by atoms with Crippen molar-refractivity contribution in [2.75, 3.05) is 37.5 Å². The quantitative estimate of drug-likeness (QED) is 0.882. The number of anilines is 1. The third-order valence-electron chi connectivity index (χ3n) is 3.32. The van der Waals surface area contributed by atoms with E-state index in [-0.39, 0.29) is 23.3 Å². The number of amides is 1. The summed E-state index contributed by atoms with van der Waals surface area (Å²) in [6.45, 7) is 0.590. The van der Waals surface area contributed by atoms with Crippen molar-refractivity contribution in [3.05, 3.63) is 23.9 Å². The highest BCUT2D eigenvalue weighted by Gasteiger charge is 2.27. The van der Waals surface area contributed by atoms with Gasteiger partial charge in [-0.15, -0.1) is 0 Å². The maximum absolute atomic E-state index is 11.7. The molecule has 1 N–H and O–H groups in total. The number of carbonyl (C=O) groups is 1. The molecular weight excluding hydrogens is 278 g/mol. The molecule has 1 atom stereocenters. The Bertz CT molecular complexity index is 581. The molecule has 1 saturated heterocycles. The third-order valence-corrected chi connectivity index (χ3v) is 5.15. The van der Waals surface area contributed by atoms with Gasteiger partial charge in [0.1, 0.15) is 5.82 Å². The fourth-order valence-corrected chi connectivity index (χ4v) is 4.03. The van der Waals surface area contributed by atoms with Crippen LogP contribution in [0.4, 0.5) is 5.82 Å². The predicted octanol–water partition coefficient (Wildman–Crippen LogP) is 0.630. The van der Waals surface area contributed by atoms with Crippen LogP contribution < -0.4 is 5.32 Å². The van der Waals surface area contributed by atoms with Gasteiger partial charge in [-0.1, -0.05) is 0 Å². The first-order valence-corrected chi connectivity index (χ1v) is 8.31. The molecule has 2 heterocycles. The smallest absolute Gasteiger partial charge is 0.254 e. The SMILES string of the molecule is CN(C)C(=O)c1ccc(NCC2CCS(=O)(=O)C2)nc1. The summed E-state index contributed by atoms with van der Waals surface area (Å²) in [6.07, 6.45) is 2.22. The highest BCUT2D eigenvalue weighted by Crippen LogP contribution is 2.18. The van der Waals surface area contributed by atoms with E-state index in [1.165, 1.54) is 11.1 Å². The van der Waals surface area contributed by atoms with Gasteiger partial charge in [-0.25, -0.2) is 13.4 Å². The second kappa shape index (κ2) is 5.78. The molecule has 0 spiro atoms. The number of pyridine rings is 1. The summed E-state index contributed by atoms with van der Waals surface area (Å²) in [4.78, 5) is 17.4. The van der Waals surface area contributed by atoms with E-state index < -0.39 is 9.84 Å². The van der Waals surface area contributed by atoms with E-state index in [0.717, 1.165) is 0 Å². The molecule has 0 aliphatic carbocycles. The number of rotatable bonds is 4. The van der Waals surface area contributed by atoms with Gasteiger partial charge in [0, 0.05) is 26.8 Å². The molecule has 1 amide bonds. The van der Waals surface area contributed by atoms with Crippen molar-refractivity contribution in [3.8, 4) is 0 Å². The van der Waals surface area contributed by atoms with Gasteiger partial charge in [0.25, 0.3) is 5.91 Å². The van der Waals surface area contributed by atoms with E-state index in [2.05, 4.69) is 10.3 Å². The van der Waals surface area contributed by atoms with Crippen molar-refractivity contribution in [1.82, 2.24) is 9.88 Å². The Morgan fingerprint density at radius 1 is 1.45 bits per heavy atom. The van der Waals surface area contributed by atoms with Gasteiger partial charge >= 0.3 is 0 Å². The zero-order valence-electron chi connectivity index (χ0n) is 11.7. The lowest BCUT2D eigenvalue weighted by Crippen LogP contribution is -2.22. The molecule has 0 aromatic carbocycles. The summed E-state index contributed by atoms with van der Waals surface area (Å²) in [5.74, 6) is 1.24. The maximum atomic E-state index is 11.7. The molecule has 0 bridgehead atoms. The Balaban J connectivity index is 1.90. The summed E-state index contributed by atoms with van der Waals surface area (Å²) in [5, 5.41) is 3.12. The Labute approximate surface area is 119 Å². The maximum Gasteiger partial charge on any atom is 0.254 e. The second-order valence-corrected chi connectivity index (χ2v) is 7.51. The van der Waals surface area contributed by atoms with Gasteiger partial charge in [-0.2, -0.15) is 0 Å². The van der Waals surface area contributed by atoms with Crippen LogP contribution in [0, 0.1) is 5.92 Å². The highest BCUT2D eigenvalue weighted by molar-refractivity contribution is 7.91. The van der Waals surface area contributed by atoms with Crippen LogP contribution in [0.25, 0.3) is 0 Å². The van der Waals surface area contributed by atoms with Crippen LogP contribution in [0.1, 0.15) is 16.8 Å². The first-order chi connectivity index (χ1) is 9.37. The zero-order valence-corrected chi connectivity index (χ0v) is 12.5. The van der Waals surface area contributed by atoms with E-state index in [9.17, 15) is 13.2 Å². The minimum absolute atomic E-state index is 0.0917. The normalized spacial score (nSPS) is 20.6. The molecule has 1 fully saturated rings. The minimum atomic E-state index is -2.84. The molecule has 1 aromatic heterocycles. The number of nitrogens with one attached hydrogen (secondary N) is 1. The van der Waals surface area contributed by atoms with Gasteiger partial charge in [0.15, 0.2) is 9.84 Å². The van der Waals surface area contributed by atoms with Crippen LogP contribution in [0.3, 0.4) is 0 Å². The molecule has 2 rings (SSSR count). The van der Waals surface area contributed by atoms with Crippen LogP contribution in [0.2, 0.25) is 0 Å². The highest BCUT2D eigenvalue weighted by atomic mass is 32.2. The fraction of sp³-hybridized carbons (Fsp3) is 0.538. The lowest BCUT2D eigenvalue weighted by Gasteiger charge is -2.12. The number of carbonyl (C=O) groups excluding carboxylic acids is 1. The predicted molar refractivity (Wildman–Crippen MR) is 77.5 cm³/mol. The lowest BCUT2D eigenvalue weighted by molar-refractivity contribution is 0.0827. The first kappa shape index (κ1) is 14.8. The summed E-state index contributed by atoms with van der Waals surface area (Å²) in [7, 11) is 0.541. The van der Waals surface area contributed by atoms with Crippen LogP contribution >= 0.6 is 0 Å². The van der Waals surface area contributed by atoms with Gasteiger partial charge in [0.2, 0.25) is 0 Å². The van der Waals surface area contributed by atoms with Crippen LogP contribution in [0.15, 0.2) is 18.3 Å². The molecule has 0 saturated carbocycles. The average molecular weight is 297 g/mol. The molecule has 1 aliphatic rings. The summed E-state index contributed by atoms with van der Waals surface area (Å²) in [5.41, 5.74) is 0.531. The summed E-state index contributed by atoms with van der Waals surface area (Å²) in [6, 6.07) is 3.45. The van der Waals surface area contributed by atoms with Crippen molar-refractivity contribution in [1.29, 1.82) is 0 Å². The first-order valence-electron chi connectivity index (χ1n) is 6.49. The van der Waals surface area contributed by atoms with Crippen molar-refractivity contribution < 1.29 is 13.2 Å². The van der Waals surface area contributed by atoms with Gasteiger partial charge in [-0.05, 0) is 24.5 Å². The number of hydrogen-bond donors (Lipinski definition) is 1. The van der Waals surface area contributed by atoms with Crippen LogP contribution in [0.5, 0.6) is 0 Å². The molecular formula is C13H19N3O3S. The monoisotopic (exact) mass is 297 g/mol. The summed E-state index contributed by atoms with van der Waals surface area (Å²) >= 11 is 0. The van der Waals surface area contributed by atoms with E-state index in [0.29, 0.717) is 24.3 Å². The minimum Gasteiger partial charge on any atom is -0.370 e. The Morgan fingerprint density at radius 3 is 2.70 bits per heavy atom. The van der Waals surface area contributed by atoms with Crippen LogP contribution in [-0.4, -0.2) is 56.4 Å². The molecule has 1 aromatic rings. The largest absolute Gasteiger partial charge is 0.370 e. The van der Waals surface area contributed by atoms with Crippen LogP contribution in [-0.2, 0) is 9.84 Å². The van der Waals surface area contributed by atoms with E-state index in [1.54, 1.807) is 26.2 Å². The Hall–Kier alpha value is -1.63. The molecule has 1 unspecified atom stereocenters. The molecule has 7 heteroatoms. The molecule has 0 radical (unpaired) electrons. The van der Waals surface area contributed by atoms with Crippen molar-refractivity contribution in [2.24, 2.45) is 5.92 Å². The molecule has 6 nitrogen and oxygen atoms in total. The second-order valence-electron chi connectivity index (χ2n) is 5.28. The molecule has 20 heavy (non-hydrogen) atoms. The van der Waals surface area contributed by atoms with Crippen molar-refractivity contribution in [2.45, 2.75) is 6.42 Å². The number of nitrogens with zero attached hydrogens (tertiary/aromatic N) is 2. The van der Waals surface area contributed by atoms with Crippen molar-refractivity contribution >= 4 is 21.6 Å². The molecule has 1 aliphatic heterocycles. The standard InChI is InChI=1S/C13H19N3O3S/c1-16(2)13(17)11-3-4-12(15-8-11)14-7-10-5-6-20(18,19)9-10/h3-4,8,10H,5-7,9H2,1-2H3,(H,14,15).